The van der Waals surface area contributed by atoms with Gasteiger partial charge in [-0.2, -0.15) is 0 Å². The van der Waals surface area contributed by atoms with E-state index in [9.17, 15) is 5.11 Å². The van der Waals surface area contributed by atoms with Gasteiger partial charge in [-0.05, 0) is 37.3 Å². The van der Waals surface area contributed by atoms with E-state index < -0.39 is 6.10 Å². The molecule has 0 bridgehead atoms. The number of benzene rings is 1. The largest absolute Gasteiger partial charge is 0.390 e. The lowest BCUT2D eigenvalue weighted by atomic mass is 9.89. The number of aryl methyl sites for hydroxylation is 1. The molecule has 1 aromatic carbocycles. The van der Waals surface area contributed by atoms with Crippen molar-refractivity contribution in [3.63, 3.8) is 0 Å². The Morgan fingerprint density at radius 1 is 1.42 bits per heavy atom. The van der Waals surface area contributed by atoms with Gasteiger partial charge in [0.1, 0.15) is 0 Å². The highest BCUT2D eigenvalue weighted by atomic mass is 32.2. The van der Waals surface area contributed by atoms with Crippen LogP contribution in [0.15, 0.2) is 28.6 Å². The lowest BCUT2D eigenvalue weighted by Crippen LogP contribution is -2.22. The highest BCUT2D eigenvalue weighted by Crippen LogP contribution is 2.32. The average molecular weight is 366 g/mol. The SMILES string of the molecule is CCNc1nnc(SC[C@@H](O)CO[C@@H]2CCCc3ccccc32)s1. The predicted octanol–water partition coefficient (Wildman–Crippen LogP) is 3.52. The van der Waals surface area contributed by atoms with Crippen LogP contribution in [0, 0.1) is 0 Å². The third-order valence-corrected chi connectivity index (χ3v) is 6.10. The quantitative estimate of drug-likeness (QED) is 0.698. The van der Waals surface area contributed by atoms with Gasteiger partial charge in [-0.15, -0.1) is 10.2 Å². The number of aliphatic hydroxyl groups is 1. The summed E-state index contributed by atoms with van der Waals surface area (Å²) in [5.41, 5.74) is 2.66. The monoisotopic (exact) mass is 365 g/mol. The number of hydrogen-bond donors (Lipinski definition) is 2. The molecule has 2 aromatic rings. The maximum atomic E-state index is 10.2. The Labute approximate surface area is 150 Å². The molecule has 0 amide bonds. The van der Waals surface area contributed by atoms with E-state index in [1.807, 2.05) is 6.92 Å². The fraction of sp³-hybridized carbons (Fsp3) is 0.529. The van der Waals surface area contributed by atoms with Crippen LogP contribution in [0.3, 0.4) is 0 Å². The van der Waals surface area contributed by atoms with Gasteiger partial charge in [0.15, 0.2) is 4.34 Å². The predicted molar refractivity (Wildman–Crippen MR) is 98.9 cm³/mol. The first kappa shape index (κ1) is 17.7. The number of rotatable bonds is 8. The van der Waals surface area contributed by atoms with Gasteiger partial charge in [-0.1, -0.05) is 47.4 Å². The Morgan fingerprint density at radius 3 is 3.17 bits per heavy atom. The number of fused-ring (bicyclic) bond motifs is 1. The lowest BCUT2D eigenvalue weighted by molar-refractivity contribution is -0.00959. The van der Waals surface area contributed by atoms with E-state index in [1.54, 1.807) is 0 Å². The summed E-state index contributed by atoms with van der Waals surface area (Å²) in [7, 11) is 0. The van der Waals surface area contributed by atoms with Crippen molar-refractivity contribution in [3.05, 3.63) is 35.4 Å². The van der Waals surface area contributed by atoms with E-state index in [4.69, 9.17) is 4.74 Å². The third kappa shape index (κ3) is 4.69. The maximum absolute atomic E-state index is 10.2. The molecule has 1 heterocycles. The number of anilines is 1. The molecule has 0 saturated carbocycles. The Bertz CT molecular complexity index is 650. The van der Waals surface area contributed by atoms with E-state index in [1.165, 1.54) is 34.2 Å². The van der Waals surface area contributed by atoms with E-state index in [0.29, 0.717) is 12.4 Å². The Morgan fingerprint density at radius 2 is 2.29 bits per heavy atom. The lowest BCUT2D eigenvalue weighted by Gasteiger charge is -2.26. The molecule has 0 unspecified atom stereocenters. The van der Waals surface area contributed by atoms with E-state index in [0.717, 1.165) is 35.3 Å². The summed E-state index contributed by atoms with van der Waals surface area (Å²) in [4.78, 5) is 0. The molecule has 0 radical (unpaired) electrons. The van der Waals surface area contributed by atoms with Crippen molar-refractivity contribution in [2.24, 2.45) is 0 Å². The van der Waals surface area contributed by atoms with Crippen LogP contribution in [-0.2, 0) is 11.2 Å². The third-order valence-electron chi connectivity index (χ3n) is 3.94. The molecule has 3 rings (SSSR count). The zero-order valence-corrected chi connectivity index (χ0v) is 15.4. The number of thioether (sulfide) groups is 1. The molecule has 5 nitrogen and oxygen atoms in total. The second-order valence-corrected chi connectivity index (χ2v) is 8.03. The summed E-state index contributed by atoms with van der Waals surface area (Å²) in [5.74, 6) is 0.565. The Hall–Kier alpha value is -1.15. The van der Waals surface area contributed by atoms with Crippen LogP contribution in [0.25, 0.3) is 0 Å². The van der Waals surface area contributed by atoms with Crippen molar-refractivity contribution in [2.45, 2.75) is 42.7 Å². The van der Waals surface area contributed by atoms with Crippen molar-refractivity contribution in [2.75, 3.05) is 24.2 Å². The van der Waals surface area contributed by atoms with E-state index in [2.05, 4.69) is 39.8 Å². The topological polar surface area (TPSA) is 67.3 Å². The molecule has 130 valence electrons. The molecule has 0 aliphatic heterocycles. The number of nitrogens with one attached hydrogen (secondary N) is 1. The minimum atomic E-state index is -0.504. The average Bonchev–Trinajstić information content (AvgIpc) is 3.06. The summed E-state index contributed by atoms with van der Waals surface area (Å²) < 4.78 is 6.86. The fourth-order valence-corrected chi connectivity index (χ4v) is 4.57. The van der Waals surface area contributed by atoms with Crippen molar-refractivity contribution < 1.29 is 9.84 Å². The van der Waals surface area contributed by atoms with Crippen LogP contribution in [0.5, 0.6) is 0 Å². The molecular weight excluding hydrogens is 342 g/mol. The summed E-state index contributed by atoms with van der Waals surface area (Å²) in [6, 6.07) is 8.46. The summed E-state index contributed by atoms with van der Waals surface area (Å²) in [6.45, 7) is 3.21. The highest BCUT2D eigenvalue weighted by molar-refractivity contribution is 8.01. The van der Waals surface area contributed by atoms with Crippen LogP contribution >= 0.6 is 23.1 Å². The van der Waals surface area contributed by atoms with Crippen LogP contribution < -0.4 is 5.32 Å². The molecule has 0 fully saturated rings. The van der Waals surface area contributed by atoms with Crippen LogP contribution in [-0.4, -0.2) is 40.3 Å². The van der Waals surface area contributed by atoms with E-state index in [-0.39, 0.29) is 6.10 Å². The molecule has 2 N–H and O–H groups in total. The van der Waals surface area contributed by atoms with Gasteiger partial charge < -0.3 is 15.2 Å². The maximum Gasteiger partial charge on any atom is 0.206 e. The molecule has 1 aliphatic carbocycles. The van der Waals surface area contributed by atoms with Crippen LogP contribution in [0.2, 0.25) is 0 Å². The second-order valence-electron chi connectivity index (χ2n) is 5.78. The van der Waals surface area contributed by atoms with Crippen LogP contribution in [0.1, 0.15) is 37.0 Å². The number of hydrogen-bond acceptors (Lipinski definition) is 7. The molecule has 0 spiro atoms. The number of ether oxygens (including phenoxy) is 1. The molecule has 0 saturated heterocycles. The molecule has 2 atom stereocenters. The second kappa shape index (κ2) is 8.80. The smallest absolute Gasteiger partial charge is 0.206 e. The normalized spacial score (nSPS) is 18.2. The number of aromatic nitrogens is 2. The molecule has 24 heavy (non-hydrogen) atoms. The Kier molecular flexibility index (Phi) is 6.48. The fourth-order valence-electron chi connectivity index (χ4n) is 2.82. The van der Waals surface area contributed by atoms with Gasteiger partial charge in [0.25, 0.3) is 0 Å². The number of aliphatic hydroxyl groups excluding tert-OH is 1. The minimum absolute atomic E-state index is 0.108. The van der Waals surface area contributed by atoms with Gasteiger partial charge in [-0.25, -0.2) is 0 Å². The summed E-state index contributed by atoms with van der Waals surface area (Å²) >= 11 is 3.04. The zero-order valence-electron chi connectivity index (χ0n) is 13.8. The Balaban J connectivity index is 1.45. The van der Waals surface area contributed by atoms with Crippen molar-refractivity contribution in [3.8, 4) is 0 Å². The van der Waals surface area contributed by atoms with Crippen molar-refractivity contribution in [1.82, 2.24) is 10.2 Å². The standard InChI is InChI=1S/C17H23N3O2S2/c1-2-18-16-19-20-17(24-16)23-11-13(21)10-22-15-9-5-7-12-6-3-4-8-14(12)15/h3-4,6,8,13,15,21H,2,5,7,9-11H2,1H3,(H,18,19)/t13-,15+/m0/s1. The molecule has 7 heteroatoms. The minimum Gasteiger partial charge on any atom is -0.390 e. The summed E-state index contributed by atoms with van der Waals surface area (Å²) in [5, 5.41) is 22.3. The van der Waals surface area contributed by atoms with Gasteiger partial charge in [-0.3, -0.25) is 0 Å². The highest BCUT2D eigenvalue weighted by Gasteiger charge is 2.21. The van der Waals surface area contributed by atoms with Gasteiger partial charge in [0, 0.05) is 12.3 Å². The zero-order chi connectivity index (χ0) is 16.8. The summed E-state index contributed by atoms with van der Waals surface area (Å²) in [6.07, 6.45) is 2.90. The van der Waals surface area contributed by atoms with Gasteiger partial charge in [0.05, 0.1) is 18.8 Å². The first-order valence-electron chi connectivity index (χ1n) is 8.34. The van der Waals surface area contributed by atoms with E-state index >= 15 is 0 Å². The molecule has 1 aromatic heterocycles. The molecular formula is C17H23N3O2S2. The first-order valence-corrected chi connectivity index (χ1v) is 10.1. The van der Waals surface area contributed by atoms with Crippen LogP contribution in [0.4, 0.5) is 5.13 Å². The van der Waals surface area contributed by atoms with Gasteiger partial charge in [0.2, 0.25) is 5.13 Å². The van der Waals surface area contributed by atoms with Crippen molar-refractivity contribution in [1.29, 1.82) is 0 Å². The molecule has 1 aliphatic rings. The van der Waals surface area contributed by atoms with Crippen molar-refractivity contribution >= 4 is 28.2 Å². The first-order chi connectivity index (χ1) is 11.8. The van der Waals surface area contributed by atoms with Gasteiger partial charge >= 0.3 is 0 Å². The number of nitrogens with zero attached hydrogens (tertiary/aromatic N) is 2.